The van der Waals surface area contributed by atoms with Gasteiger partial charge in [-0.05, 0) is 50.2 Å². The molecule has 0 saturated carbocycles. The lowest BCUT2D eigenvalue weighted by Gasteiger charge is -2.39. The van der Waals surface area contributed by atoms with E-state index < -0.39 is 11.9 Å². The Morgan fingerprint density at radius 2 is 2.09 bits per heavy atom. The Hall–Kier alpha value is -1.60. The van der Waals surface area contributed by atoms with Crippen molar-refractivity contribution in [3.05, 3.63) is 29.0 Å². The summed E-state index contributed by atoms with van der Waals surface area (Å²) in [5, 5.41) is 6.40. The van der Waals surface area contributed by atoms with Crippen LogP contribution in [0.3, 0.4) is 0 Å². The van der Waals surface area contributed by atoms with Crippen molar-refractivity contribution < 1.29 is 13.9 Å². The van der Waals surface area contributed by atoms with Gasteiger partial charge in [0.15, 0.2) is 5.11 Å². The second-order valence-corrected chi connectivity index (χ2v) is 5.53. The van der Waals surface area contributed by atoms with E-state index in [9.17, 15) is 9.18 Å². The normalized spacial score (nSPS) is 14.7. The third-order valence-electron chi connectivity index (χ3n) is 3.17. The summed E-state index contributed by atoms with van der Waals surface area (Å²) in [6.07, 6.45) is 1.30. The van der Waals surface area contributed by atoms with E-state index in [2.05, 4.69) is 5.32 Å². The highest BCUT2D eigenvalue weighted by Crippen LogP contribution is 2.21. The van der Waals surface area contributed by atoms with Crippen molar-refractivity contribution >= 4 is 40.7 Å². The summed E-state index contributed by atoms with van der Waals surface area (Å²) in [4.78, 5) is 12.0. The molecule has 5 nitrogen and oxygen atoms in total. The largest absolute Gasteiger partial charge is 0.448 e. The van der Waals surface area contributed by atoms with E-state index in [1.807, 2.05) is 0 Å². The lowest BCUT2D eigenvalue weighted by Crippen LogP contribution is -2.54. The number of carbonyl (C=O) groups excluding carboxylic acids is 1. The fourth-order valence-corrected chi connectivity index (χ4v) is 2.59. The SMILES string of the molecule is CCOC(=O)N1CCCCN1C(=S)Nc1ccc(Cl)cc1F. The molecule has 22 heavy (non-hydrogen) atoms. The first kappa shape index (κ1) is 16.8. The fourth-order valence-electron chi connectivity index (χ4n) is 2.13. The summed E-state index contributed by atoms with van der Waals surface area (Å²) < 4.78 is 18.8. The molecule has 1 aliphatic heterocycles. The van der Waals surface area contributed by atoms with Crippen LogP contribution in [0.2, 0.25) is 5.02 Å². The molecule has 0 atom stereocenters. The molecule has 1 aromatic carbocycles. The van der Waals surface area contributed by atoms with Gasteiger partial charge in [0.2, 0.25) is 0 Å². The molecule has 8 heteroatoms. The number of thiocarbonyl (C=S) groups is 1. The van der Waals surface area contributed by atoms with E-state index in [1.54, 1.807) is 18.0 Å². The molecule has 1 fully saturated rings. The minimum Gasteiger partial charge on any atom is -0.448 e. The predicted molar refractivity (Wildman–Crippen MR) is 87.3 cm³/mol. The van der Waals surface area contributed by atoms with Gasteiger partial charge in [-0.15, -0.1) is 0 Å². The summed E-state index contributed by atoms with van der Waals surface area (Å²) in [5.74, 6) is -0.505. The van der Waals surface area contributed by atoms with Crippen molar-refractivity contribution in [2.45, 2.75) is 19.8 Å². The first-order chi connectivity index (χ1) is 10.5. The summed E-state index contributed by atoms with van der Waals surface area (Å²) in [7, 11) is 0. The number of anilines is 1. The molecular formula is C14H17ClFN3O2S. The lowest BCUT2D eigenvalue weighted by atomic mass is 10.2. The van der Waals surface area contributed by atoms with Gasteiger partial charge in [-0.25, -0.2) is 14.2 Å². The molecule has 0 radical (unpaired) electrons. The number of amides is 1. The zero-order chi connectivity index (χ0) is 16.1. The minimum atomic E-state index is -0.505. The van der Waals surface area contributed by atoms with Crippen LogP contribution in [0.15, 0.2) is 18.2 Å². The van der Waals surface area contributed by atoms with Gasteiger partial charge in [-0.1, -0.05) is 11.6 Å². The highest BCUT2D eigenvalue weighted by Gasteiger charge is 2.28. The first-order valence-corrected chi connectivity index (χ1v) is 7.79. The van der Waals surface area contributed by atoms with Crippen LogP contribution in [0.4, 0.5) is 14.9 Å². The van der Waals surface area contributed by atoms with Gasteiger partial charge in [0, 0.05) is 18.1 Å². The fraction of sp³-hybridized carbons (Fsp3) is 0.429. The predicted octanol–water partition coefficient (Wildman–Crippen LogP) is 3.65. The molecular weight excluding hydrogens is 329 g/mol. The van der Waals surface area contributed by atoms with Crippen molar-refractivity contribution in [1.82, 2.24) is 10.0 Å². The third kappa shape index (κ3) is 3.98. The molecule has 1 aromatic rings. The van der Waals surface area contributed by atoms with E-state index in [4.69, 9.17) is 28.6 Å². The van der Waals surface area contributed by atoms with Gasteiger partial charge in [0.1, 0.15) is 5.82 Å². The van der Waals surface area contributed by atoms with Crippen LogP contribution in [0.1, 0.15) is 19.8 Å². The van der Waals surface area contributed by atoms with Crippen LogP contribution in [0.25, 0.3) is 0 Å². The zero-order valence-corrected chi connectivity index (χ0v) is 13.7. The van der Waals surface area contributed by atoms with Crippen LogP contribution in [-0.2, 0) is 4.74 Å². The Balaban J connectivity index is 2.10. The lowest BCUT2D eigenvalue weighted by molar-refractivity contribution is 0.00913. The molecule has 1 N–H and O–H groups in total. The van der Waals surface area contributed by atoms with Crippen LogP contribution >= 0.6 is 23.8 Å². The first-order valence-electron chi connectivity index (χ1n) is 7.00. The summed E-state index contributed by atoms with van der Waals surface area (Å²) in [5.41, 5.74) is 0.212. The van der Waals surface area contributed by atoms with Gasteiger partial charge in [-0.3, -0.25) is 5.01 Å². The van der Waals surface area contributed by atoms with Crippen molar-refractivity contribution in [2.24, 2.45) is 0 Å². The number of nitrogens with zero attached hydrogens (tertiary/aromatic N) is 2. The van der Waals surface area contributed by atoms with E-state index >= 15 is 0 Å². The Bertz CT molecular complexity index is 573. The second kappa shape index (κ2) is 7.60. The maximum atomic E-state index is 13.8. The number of hydrogen-bond acceptors (Lipinski definition) is 3. The Kier molecular flexibility index (Phi) is 5.79. The number of ether oxygens (including phenoxy) is 1. The summed E-state index contributed by atoms with van der Waals surface area (Å²) >= 11 is 11.0. The molecule has 120 valence electrons. The van der Waals surface area contributed by atoms with Crippen LogP contribution < -0.4 is 5.32 Å². The Morgan fingerprint density at radius 1 is 1.41 bits per heavy atom. The van der Waals surface area contributed by atoms with Gasteiger partial charge in [0.05, 0.1) is 12.3 Å². The number of hydrogen-bond donors (Lipinski definition) is 1. The second-order valence-electron chi connectivity index (χ2n) is 4.71. The van der Waals surface area contributed by atoms with Crippen molar-refractivity contribution in [2.75, 3.05) is 25.0 Å². The van der Waals surface area contributed by atoms with E-state index in [1.165, 1.54) is 17.1 Å². The number of carbonyl (C=O) groups is 1. The molecule has 1 heterocycles. The molecule has 1 aliphatic rings. The van der Waals surface area contributed by atoms with Crippen LogP contribution in [0, 0.1) is 5.82 Å². The summed E-state index contributed by atoms with van der Waals surface area (Å²) in [6, 6.07) is 4.27. The molecule has 0 spiro atoms. The topological polar surface area (TPSA) is 44.8 Å². The molecule has 0 bridgehead atoms. The zero-order valence-electron chi connectivity index (χ0n) is 12.1. The maximum absolute atomic E-state index is 13.8. The highest BCUT2D eigenvalue weighted by atomic mass is 35.5. The highest BCUT2D eigenvalue weighted by molar-refractivity contribution is 7.80. The number of nitrogens with one attached hydrogen (secondary N) is 1. The standard InChI is InChI=1S/C14H17ClFN3O2S/c1-2-21-14(20)19-8-4-3-7-18(19)13(22)17-12-6-5-10(15)9-11(12)16/h5-6,9H,2-4,7-8H2,1H3,(H,17,22). The molecule has 2 rings (SSSR count). The smallest absolute Gasteiger partial charge is 0.428 e. The van der Waals surface area contributed by atoms with Crippen molar-refractivity contribution in [1.29, 1.82) is 0 Å². The monoisotopic (exact) mass is 345 g/mol. The van der Waals surface area contributed by atoms with Gasteiger partial charge in [0.25, 0.3) is 0 Å². The quantitative estimate of drug-likeness (QED) is 0.829. The van der Waals surface area contributed by atoms with Gasteiger partial charge in [-0.2, -0.15) is 0 Å². The minimum absolute atomic E-state index is 0.212. The third-order valence-corrected chi connectivity index (χ3v) is 3.71. The average molecular weight is 346 g/mol. The van der Waals surface area contributed by atoms with E-state index in [0.717, 1.165) is 12.8 Å². The number of halogens is 2. The maximum Gasteiger partial charge on any atom is 0.428 e. The van der Waals surface area contributed by atoms with Crippen molar-refractivity contribution in [3.8, 4) is 0 Å². The van der Waals surface area contributed by atoms with Crippen molar-refractivity contribution in [3.63, 3.8) is 0 Å². The van der Waals surface area contributed by atoms with Crippen LogP contribution in [0.5, 0.6) is 0 Å². The van der Waals surface area contributed by atoms with Gasteiger partial charge >= 0.3 is 6.09 Å². The molecule has 1 saturated heterocycles. The van der Waals surface area contributed by atoms with Crippen LogP contribution in [-0.4, -0.2) is 40.9 Å². The van der Waals surface area contributed by atoms with Gasteiger partial charge < -0.3 is 10.1 Å². The Labute approximate surface area is 138 Å². The molecule has 0 aliphatic carbocycles. The number of rotatable bonds is 2. The number of hydrazine groups is 1. The molecule has 0 unspecified atom stereocenters. The number of benzene rings is 1. The molecule has 1 amide bonds. The van der Waals surface area contributed by atoms with E-state index in [0.29, 0.717) is 18.1 Å². The average Bonchev–Trinajstić information content (AvgIpc) is 2.50. The van der Waals surface area contributed by atoms with E-state index in [-0.39, 0.29) is 17.4 Å². The molecule has 0 aromatic heterocycles. The Morgan fingerprint density at radius 3 is 2.73 bits per heavy atom. The summed E-state index contributed by atoms with van der Waals surface area (Å²) in [6.45, 7) is 3.12.